The van der Waals surface area contributed by atoms with Crippen molar-refractivity contribution in [2.24, 2.45) is 5.41 Å². The van der Waals surface area contributed by atoms with E-state index >= 15 is 0 Å². The molecule has 0 radical (unpaired) electrons. The number of phenols is 1. The number of anilines is 1. The van der Waals surface area contributed by atoms with Crippen LogP contribution < -0.4 is 9.64 Å². The lowest BCUT2D eigenvalue weighted by atomic mass is 9.98. The van der Waals surface area contributed by atoms with Gasteiger partial charge in [-0.05, 0) is 93.7 Å². The number of nitrogens with zero attached hydrogens (tertiary/aromatic N) is 5. The number of aromatic nitrogens is 2. The number of benzene rings is 2. The summed E-state index contributed by atoms with van der Waals surface area (Å²) < 4.78 is 6.55. The van der Waals surface area contributed by atoms with Gasteiger partial charge in [-0.2, -0.15) is 9.97 Å². The fourth-order valence-electron chi connectivity index (χ4n) is 8.80. The normalized spacial score (nSPS) is 25.8. The van der Waals surface area contributed by atoms with Gasteiger partial charge in [-0.1, -0.05) is 37.5 Å². The molecular weight excluding hydrogens is 562 g/mol. The average molecular weight is 610 g/mol. The minimum atomic E-state index is -0.0892. The fraction of sp³-hybridized carbons (Fsp3) is 0.595. The highest BCUT2D eigenvalue weighted by Gasteiger charge is 2.49. The van der Waals surface area contributed by atoms with Crippen molar-refractivity contribution in [3.05, 3.63) is 52.7 Å². The molecule has 3 unspecified atom stereocenters. The Morgan fingerprint density at radius 3 is 2.62 bits per heavy atom. The molecule has 2 bridgehead atoms. The summed E-state index contributed by atoms with van der Waals surface area (Å²) in [7, 11) is 0. The number of rotatable bonds is 7. The lowest BCUT2D eigenvalue weighted by molar-refractivity contribution is 0.0751. The second-order valence-corrected chi connectivity index (χ2v) is 14.8. The first kappa shape index (κ1) is 29.0. The van der Waals surface area contributed by atoms with Gasteiger partial charge >= 0.3 is 6.01 Å². The molecule has 5 heterocycles. The van der Waals surface area contributed by atoms with Crippen molar-refractivity contribution in [1.29, 1.82) is 0 Å². The monoisotopic (exact) mass is 609 g/mol. The summed E-state index contributed by atoms with van der Waals surface area (Å²) in [5, 5.41) is 12.3. The van der Waals surface area contributed by atoms with Crippen LogP contribution in [-0.2, 0) is 13.1 Å². The summed E-state index contributed by atoms with van der Waals surface area (Å²) in [6.45, 7) is 7.94. The largest absolute Gasteiger partial charge is 0.508 e. The van der Waals surface area contributed by atoms with Crippen molar-refractivity contribution in [3.63, 3.8) is 0 Å². The van der Waals surface area contributed by atoms with E-state index in [1.165, 1.54) is 57.8 Å². The molecule has 8 heteroatoms. The molecule has 1 saturated carbocycles. The molecule has 3 atom stereocenters. The first-order valence-electron chi connectivity index (χ1n) is 17.4. The van der Waals surface area contributed by atoms with Crippen LogP contribution in [0.25, 0.3) is 10.8 Å². The third-order valence-electron chi connectivity index (χ3n) is 11.6. The minimum absolute atomic E-state index is 0.0892. The van der Waals surface area contributed by atoms with Crippen LogP contribution in [0.2, 0.25) is 0 Å². The number of carbonyl (C=O) groups is 1. The van der Waals surface area contributed by atoms with E-state index in [2.05, 4.69) is 16.7 Å². The fourth-order valence-corrected chi connectivity index (χ4v) is 8.80. The Labute approximate surface area is 266 Å². The Kier molecular flexibility index (Phi) is 7.39. The molecule has 238 valence electrons. The van der Waals surface area contributed by atoms with Crippen LogP contribution in [0, 0.1) is 12.3 Å². The summed E-state index contributed by atoms with van der Waals surface area (Å²) in [5.41, 5.74) is 3.70. The van der Waals surface area contributed by atoms with Gasteiger partial charge in [0.25, 0.3) is 5.91 Å². The summed E-state index contributed by atoms with van der Waals surface area (Å²) in [5.74, 6) is 0.957. The van der Waals surface area contributed by atoms with Gasteiger partial charge in [0.15, 0.2) is 0 Å². The predicted molar refractivity (Wildman–Crippen MR) is 176 cm³/mol. The molecule has 1 N–H and O–H groups in total. The van der Waals surface area contributed by atoms with Crippen LogP contribution in [0.1, 0.15) is 105 Å². The van der Waals surface area contributed by atoms with E-state index in [4.69, 9.17) is 14.7 Å². The second kappa shape index (κ2) is 11.4. The lowest BCUT2D eigenvalue weighted by Crippen LogP contribution is -2.44. The van der Waals surface area contributed by atoms with E-state index < -0.39 is 0 Å². The van der Waals surface area contributed by atoms with Gasteiger partial charge in [0.05, 0.1) is 31.0 Å². The molecule has 8 rings (SSSR count). The van der Waals surface area contributed by atoms with E-state index in [9.17, 15) is 9.90 Å². The maximum absolute atomic E-state index is 14.2. The maximum Gasteiger partial charge on any atom is 0.318 e. The third-order valence-corrected chi connectivity index (χ3v) is 11.6. The van der Waals surface area contributed by atoms with Gasteiger partial charge in [0.1, 0.15) is 11.6 Å². The molecule has 3 saturated heterocycles. The lowest BCUT2D eigenvalue weighted by Gasteiger charge is -2.37. The zero-order valence-corrected chi connectivity index (χ0v) is 26.9. The van der Waals surface area contributed by atoms with Gasteiger partial charge < -0.3 is 19.6 Å². The smallest absolute Gasteiger partial charge is 0.318 e. The molecule has 8 nitrogen and oxygen atoms in total. The number of ether oxygens (including phenoxy) is 1. The van der Waals surface area contributed by atoms with Crippen LogP contribution >= 0.6 is 0 Å². The van der Waals surface area contributed by atoms with Gasteiger partial charge in [0.2, 0.25) is 0 Å². The number of fused-ring (bicyclic) bond motifs is 4. The topological polar surface area (TPSA) is 82.0 Å². The Balaban J connectivity index is 1.08. The summed E-state index contributed by atoms with van der Waals surface area (Å²) in [6.07, 6.45) is 14.0. The second-order valence-electron chi connectivity index (χ2n) is 14.8. The van der Waals surface area contributed by atoms with Gasteiger partial charge in [-0.25, -0.2) is 0 Å². The minimum Gasteiger partial charge on any atom is -0.508 e. The molecule has 1 aliphatic carbocycles. The van der Waals surface area contributed by atoms with E-state index in [0.717, 1.165) is 71.4 Å². The van der Waals surface area contributed by atoms with E-state index in [1.54, 1.807) is 12.1 Å². The molecule has 2 aromatic carbocycles. The van der Waals surface area contributed by atoms with Gasteiger partial charge in [-0.15, -0.1) is 0 Å². The SMILES string of the molecule is Cc1cccc2cc(O)cc(C(=O)N3Cc4nc(OCC5(CN6C7CCCC6CC7)CC5)nc(N5CCCCCC5C)c4C3)c12. The highest BCUT2D eigenvalue weighted by molar-refractivity contribution is 6.09. The zero-order chi connectivity index (χ0) is 30.7. The third kappa shape index (κ3) is 5.43. The first-order valence-corrected chi connectivity index (χ1v) is 17.4. The average Bonchev–Trinajstić information content (AvgIpc) is 3.67. The highest BCUT2D eigenvalue weighted by atomic mass is 16.5. The Hall–Kier alpha value is -3.39. The van der Waals surface area contributed by atoms with Crippen LogP contribution in [0.15, 0.2) is 30.3 Å². The molecular formula is C37H47N5O3. The number of phenolic OH excluding ortho intramolecular Hbond substituents is 1. The van der Waals surface area contributed by atoms with Crippen molar-refractivity contribution in [2.75, 3.05) is 24.6 Å². The quantitative estimate of drug-likeness (QED) is 0.318. The molecule has 5 aliphatic rings. The van der Waals surface area contributed by atoms with Crippen molar-refractivity contribution in [1.82, 2.24) is 19.8 Å². The maximum atomic E-state index is 14.2. The van der Waals surface area contributed by atoms with E-state index in [-0.39, 0.29) is 17.1 Å². The van der Waals surface area contributed by atoms with Gasteiger partial charge in [-0.3, -0.25) is 9.69 Å². The molecule has 0 spiro atoms. The number of amides is 1. The Bertz CT molecular complexity index is 1600. The van der Waals surface area contributed by atoms with E-state index in [0.29, 0.717) is 37.3 Å². The number of carbonyl (C=O) groups excluding carboxylic acids is 1. The van der Waals surface area contributed by atoms with Crippen molar-refractivity contribution >= 4 is 22.5 Å². The Morgan fingerprint density at radius 1 is 1.00 bits per heavy atom. The summed E-state index contributed by atoms with van der Waals surface area (Å²) in [6, 6.07) is 11.6. The Morgan fingerprint density at radius 2 is 1.82 bits per heavy atom. The van der Waals surface area contributed by atoms with Crippen LogP contribution in [0.4, 0.5) is 5.82 Å². The molecule has 3 aromatic rings. The van der Waals surface area contributed by atoms with Crippen LogP contribution in [0.5, 0.6) is 11.8 Å². The first-order chi connectivity index (χ1) is 21.9. The number of piperidine rings is 1. The standard InChI is InChI=1S/C37H47N5O3/c1-24-8-6-10-26-18-29(43)19-30(33(24)26)35(44)40-20-31-32(21-40)38-36(39-34(31)41-17-5-3-4-9-25(41)2)45-23-37(15-16-37)22-42-27-11-7-12-28(42)14-13-27/h6,8,10,18-19,25,27-28,43H,3-5,7,9,11-17,20-23H2,1-2H3. The van der Waals surface area contributed by atoms with Crippen LogP contribution in [0.3, 0.4) is 0 Å². The van der Waals surface area contributed by atoms with Gasteiger partial charge in [0, 0.05) is 42.2 Å². The predicted octanol–water partition coefficient (Wildman–Crippen LogP) is 6.74. The molecule has 4 fully saturated rings. The van der Waals surface area contributed by atoms with Crippen molar-refractivity contribution in [3.8, 4) is 11.8 Å². The number of hydrogen-bond donors (Lipinski definition) is 1. The zero-order valence-electron chi connectivity index (χ0n) is 26.9. The van der Waals surface area contributed by atoms with Crippen molar-refractivity contribution in [2.45, 2.75) is 116 Å². The summed E-state index contributed by atoms with van der Waals surface area (Å²) in [4.78, 5) is 31.4. The van der Waals surface area contributed by atoms with Crippen LogP contribution in [-0.4, -0.2) is 68.6 Å². The van der Waals surface area contributed by atoms with Crippen molar-refractivity contribution < 1.29 is 14.6 Å². The number of aromatic hydroxyl groups is 1. The number of aryl methyl sites for hydroxylation is 1. The number of hydrogen-bond acceptors (Lipinski definition) is 7. The van der Waals surface area contributed by atoms with E-state index in [1.807, 2.05) is 30.0 Å². The molecule has 1 amide bonds. The molecule has 4 aliphatic heterocycles. The summed E-state index contributed by atoms with van der Waals surface area (Å²) >= 11 is 0. The molecule has 1 aromatic heterocycles. The highest BCUT2D eigenvalue weighted by Crippen LogP contribution is 2.49. The molecule has 45 heavy (non-hydrogen) atoms.